The minimum Gasteiger partial charge on any atom is -0.378 e. The van der Waals surface area contributed by atoms with Crippen LogP contribution in [0.25, 0.3) is 0 Å². The Hall–Kier alpha value is 0.310. The van der Waals surface area contributed by atoms with Crippen LogP contribution in [0.15, 0.2) is 0 Å². The summed E-state index contributed by atoms with van der Waals surface area (Å²) in [5.74, 6) is 2.51. The van der Waals surface area contributed by atoms with Crippen LogP contribution in [0.4, 0.5) is 0 Å². The highest BCUT2D eigenvalue weighted by Gasteiger charge is 2.40. The van der Waals surface area contributed by atoms with Crippen LogP contribution in [0.1, 0.15) is 141 Å². The number of hydrogen-bond donors (Lipinski definition) is 0. The van der Waals surface area contributed by atoms with Crippen molar-refractivity contribution in [2.75, 3.05) is 12.4 Å². The lowest BCUT2D eigenvalue weighted by Crippen LogP contribution is -2.35. The first-order valence-corrected chi connectivity index (χ1v) is 14.6. The van der Waals surface area contributed by atoms with E-state index >= 15 is 0 Å². The van der Waals surface area contributed by atoms with E-state index in [9.17, 15) is 0 Å². The molecule has 0 amide bonds. The first-order chi connectivity index (χ1) is 14.4. The van der Waals surface area contributed by atoms with E-state index in [4.69, 9.17) is 4.74 Å². The summed E-state index contributed by atoms with van der Waals surface area (Å²) < 4.78 is 6.42. The molecule has 0 aromatic heterocycles. The van der Waals surface area contributed by atoms with Crippen LogP contribution in [0.2, 0.25) is 0 Å². The second-order valence-corrected chi connectivity index (χ2v) is 11.9. The van der Waals surface area contributed by atoms with E-state index in [2.05, 4.69) is 11.8 Å². The summed E-state index contributed by atoms with van der Waals surface area (Å²) in [6, 6.07) is 0. The van der Waals surface area contributed by atoms with Gasteiger partial charge < -0.3 is 4.74 Å². The molecule has 0 spiro atoms. The molecule has 2 heteroatoms. The fraction of sp³-hybridized carbons (Fsp3) is 1.00. The highest BCUT2D eigenvalue weighted by atomic mass is 32.2. The van der Waals surface area contributed by atoms with Crippen molar-refractivity contribution in [2.24, 2.45) is 5.92 Å². The van der Waals surface area contributed by atoms with Crippen molar-refractivity contribution in [2.45, 2.75) is 152 Å². The molecule has 2 aliphatic carbocycles. The number of unbranched alkanes of at least 4 members (excludes halogenated alkanes) is 9. The lowest BCUT2D eigenvalue weighted by atomic mass is 9.78. The minimum atomic E-state index is 0.610. The molecule has 0 bridgehead atoms. The SMILES string of the molecule is C(CCCCCCC1CCCO1)CCCCCSC1(C2CCCC2)CCCCC1. The normalized spacial score (nSPS) is 25.0. The van der Waals surface area contributed by atoms with Crippen LogP contribution in [0, 0.1) is 5.92 Å². The summed E-state index contributed by atoms with van der Waals surface area (Å²) in [7, 11) is 0. The molecular weight excluding hydrogens is 372 g/mol. The second kappa shape index (κ2) is 14.4. The van der Waals surface area contributed by atoms with Crippen molar-refractivity contribution in [3.63, 3.8) is 0 Å². The first kappa shape index (κ1) is 24.0. The third-order valence-corrected chi connectivity index (χ3v) is 9.94. The largest absolute Gasteiger partial charge is 0.378 e. The van der Waals surface area contributed by atoms with E-state index in [-0.39, 0.29) is 0 Å². The van der Waals surface area contributed by atoms with Crippen molar-refractivity contribution in [1.29, 1.82) is 0 Å². The van der Waals surface area contributed by atoms with Gasteiger partial charge in [0.1, 0.15) is 0 Å². The van der Waals surface area contributed by atoms with Crippen LogP contribution in [0.3, 0.4) is 0 Å². The molecule has 0 N–H and O–H groups in total. The average molecular weight is 423 g/mol. The Bertz CT molecular complexity index is 391. The number of thioether (sulfide) groups is 1. The van der Waals surface area contributed by atoms with Gasteiger partial charge in [0.25, 0.3) is 0 Å². The molecule has 1 nitrogen and oxygen atoms in total. The third kappa shape index (κ3) is 8.76. The van der Waals surface area contributed by atoms with E-state index in [0.717, 1.165) is 12.5 Å². The summed E-state index contributed by atoms with van der Waals surface area (Å²) in [4.78, 5) is 0. The highest BCUT2D eigenvalue weighted by molar-refractivity contribution is 8.00. The van der Waals surface area contributed by atoms with E-state index in [0.29, 0.717) is 10.9 Å². The molecule has 29 heavy (non-hydrogen) atoms. The number of ether oxygens (including phenoxy) is 1. The predicted molar refractivity (Wildman–Crippen MR) is 130 cm³/mol. The van der Waals surface area contributed by atoms with Crippen LogP contribution >= 0.6 is 11.8 Å². The maximum absolute atomic E-state index is 5.72. The van der Waals surface area contributed by atoms with Crippen LogP contribution in [-0.2, 0) is 4.74 Å². The quantitative estimate of drug-likeness (QED) is 0.243. The minimum absolute atomic E-state index is 0.610. The zero-order valence-electron chi connectivity index (χ0n) is 19.4. The van der Waals surface area contributed by atoms with Gasteiger partial charge in [-0.3, -0.25) is 0 Å². The average Bonchev–Trinajstić information content (AvgIpc) is 3.46. The standard InChI is InChI=1S/C27H50OS/c1(3-5-7-10-19-26-20-16-23-28-26)2-4-6-8-15-24-29-27(21-13-9-14-22-27)25-17-11-12-18-25/h25-26H,1-24H2. The Kier molecular flexibility index (Phi) is 11.9. The summed E-state index contributed by atoms with van der Waals surface area (Å²) in [5, 5.41) is 0. The molecular formula is C27H50OS. The maximum Gasteiger partial charge on any atom is 0.0576 e. The van der Waals surface area contributed by atoms with E-state index in [1.165, 1.54) is 134 Å². The van der Waals surface area contributed by atoms with Crippen LogP contribution in [0.5, 0.6) is 0 Å². The monoisotopic (exact) mass is 422 g/mol. The van der Waals surface area contributed by atoms with Gasteiger partial charge >= 0.3 is 0 Å². The summed E-state index contributed by atoms with van der Waals surface area (Å²) in [6.07, 6.45) is 32.9. The Labute approximate surface area is 186 Å². The van der Waals surface area contributed by atoms with Crippen molar-refractivity contribution >= 4 is 11.8 Å². The zero-order chi connectivity index (χ0) is 20.0. The molecule has 1 saturated heterocycles. The van der Waals surface area contributed by atoms with Gasteiger partial charge in [0.2, 0.25) is 0 Å². The van der Waals surface area contributed by atoms with Crippen LogP contribution in [-0.4, -0.2) is 23.2 Å². The topological polar surface area (TPSA) is 9.23 Å². The van der Waals surface area contributed by atoms with Gasteiger partial charge in [-0.1, -0.05) is 89.9 Å². The van der Waals surface area contributed by atoms with Crippen molar-refractivity contribution in [1.82, 2.24) is 0 Å². The number of hydrogen-bond acceptors (Lipinski definition) is 2. The van der Waals surface area contributed by atoms with Gasteiger partial charge in [0, 0.05) is 11.4 Å². The van der Waals surface area contributed by atoms with Gasteiger partial charge in [0.15, 0.2) is 0 Å². The fourth-order valence-electron chi connectivity index (χ4n) is 6.31. The smallest absolute Gasteiger partial charge is 0.0576 e. The summed E-state index contributed by atoms with van der Waals surface area (Å²) in [6.45, 7) is 1.02. The highest BCUT2D eigenvalue weighted by Crippen LogP contribution is 2.51. The maximum atomic E-state index is 5.72. The molecule has 1 atom stereocenters. The summed E-state index contributed by atoms with van der Waals surface area (Å²) >= 11 is 2.42. The Morgan fingerprint density at radius 1 is 0.621 bits per heavy atom. The second-order valence-electron chi connectivity index (χ2n) is 10.4. The molecule has 170 valence electrons. The van der Waals surface area contributed by atoms with Crippen molar-refractivity contribution in [3.05, 3.63) is 0 Å². The molecule has 0 aromatic rings. The molecule has 0 radical (unpaired) electrons. The molecule has 3 aliphatic rings. The molecule has 1 heterocycles. The van der Waals surface area contributed by atoms with Crippen molar-refractivity contribution in [3.8, 4) is 0 Å². The van der Waals surface area contributed by atoms with E-state index < -0.39 is 0 Å². The van der Waals surface area contributed by atoms with Gasteiger partial charge in [-0.2, -0.15) is 11.8 Å². The molecule has 2 saturated carbocycles. The van der Waals surface area contributed by atoms with Gasteiger partial charge in [-0.05, 0) is 63.0 Å². The molecule has 1 unspecified atom stereocenters. The van der Waals surface area contributed by atoms with Gasteiger partial charge in [-0.15, -0.1) is 0 Å². The van der Waals surface area contributed by atoms with Crippen LogP contribution < -0.4 is 0 Å². The molecule has 1 aliphatic heterocycles. The summed E-state index contributed by atoms with van der Waals surface area (Å²) in [5.41, 5.74) is 0. The fourth-order valence-corrected chi connectivity index (χ4v) is 8.11. The van der Waals surface area contributed by atoms with Gasteiger partial charge in [-0.25, -0.2) is 0 Å². The predicted octanol–water partition coefficient (Wildman–Crippen LogP) is 9.08. The molecule has 3 fully saturated rings. The molecule has 0 aromatic carbocycles. The number of rotatable bonds is 15. The molecule has 3 rings (SSSR count). The van der Waals surface area contributed by atoms with E-state index in [1.54, 1.807) is 12.8 Å². The van der Waals surface area contributed by atoms with E-state index in [1.807, 2.05) is 0 Å². The Balaban J connectivity index is 1.11. The Morgan fingerprint density at radius 2 is 1.24 bits per heavy atom. The lowest BCUT2D eigenvalue weighted by Gasteiger charge is -2.42. The lowest BCUT2D eigenvalue weighted by molar-refractivity contribution is 0.102. The first-order valence-electron chi connectivity index (χ1n) is 13.6. The zero-order valence-corrected chi connectivity index (χ0v) is 20.3. The van der Waals surface area contributed by atoms with Gasteiger partial charge in [0.05, 0.1) is 6.10 Å². The third-order valence-electron chi connectivity index (χ3n) is 8.13. The Morgan fingerprint density at radius 3 is 1.86 bits per heavy atom. The van der Waals surface area contributed by atoms with Crippen molar-refractivity contribution < 1.29 is 4.74 Å².